The average molecular weight is 262 g/mol. The normalized spacial score (nSPS) is 25.1. The molecule has 1 aliphatic rings. The molecule has 1 aromatic rings. The largest absolute Gasteiger partial charge is 0.496 e. The third-order valence-corrected chi connectivity index (χ3v) is 4.08. The minimum Gasteiger partial charge on any atom is -0.496 e. The van der Waals surface area contributed by atoms with Crippen LogP contribution in [0.5, 0.6) is 5.75 Å². The van der Waals surface area contributed by atoms with Gasteiger partial charge in [-0.3, -0.25) is 0 Å². The first-order valence-electron chi connectivity index (χ1n) is 7.20. The van der Waals surface area contributed by atoms with Gasteiger partial charge in [-0.05, 0) is 51.5 Å². The van der Waals surface area contributed by atoms with Crippen LogP contribution in [0.3, 0.4) is 0 Å². The van der Waals surface area contributed by atoms with Gasteiger partial charge in [0, 0.05) is 12.1 Å². The molecule has 0 aliphatic carbocycles. The fraction of sp³-hybridized carbons (Fsp3) is 0.625. The number of benzene rings is 1. The highest BCUT2D eigenvalue weighted by atomic mass is 16.5. The third-order valence-electron chi connectivity index (χ3n) is 4.08. The Morgan fingerprint density at radius 3 is 2.89 bits per heavy atom. The molecule has 106 valence electrons. The fourth-order valence-corrected chi connectivity index (χ4v) is 2.97. The predicted molar refractivity (Wildman–Crippen MR) is 79.8 cm³/mol. The van der Waals surface area contributed by atoms with E-state index in [1.54, 1.807) is 7.11 Å². The van der Waals surface area contributed by atoms with E-state index in [1.165, 1.54) is 17.5 Å². The summed E-state index contributed by atoms with van der Waals surface area (Å²) in [6.07, 6.45) is 2.25. The molecule has 1 atom stereocenters. The summed E-state index contributed by atoms with van der Waals surface area (Å²) in [4.78, 5) is 2.40. The van der Waals surface area contributed by atoms with Gasteiger partial charge in [0.2, 0.25) is 0 Å². The van der Waals surface area contributed by atoms with Crippen molar-refractivity contribution in [1.82, 2.24) is 10.2 Å². The van der Waals surface area contributed by atoms with Crippen LogP contribution in [-0.4, -0.2) is 38.7 Å². The molecule has 1 aromatic carbocycles. The first-order valence-corrected chi connectivity index (χ1v) is 7.20. The first kappa shape index (κ1) is 14.4. The number of nitrogens with zero attached hydrogens (tertiary/aromatic N) is 1. The molecule has 2 rings (SSSR count). The van der Waals surface area contributed by atoms with E-state index in [0.717, 1.165) is 31.8 Å². The van der Waals surface area contributed by atoms with Crippen LogP contribution in [0.15, 0.2) is 18.2 Å². The summed E-state index contributed by atoms with van der Waals surface area (Å²) in [5, 5.41) is 3.71. The third kappa shape index (κ3) is 3.10. The van der Waals surface area contributed by atoms with Crippen molar-refractivity contribution < 1.29 is 4.74 Å². The molecule has 3 nitrogen and oxygen atoms in total. The van der Waals surface area contributed by atoms with E-state index < -0.39 is 0 Å². The lowest BCUT2D eigenvalue weighted by atomic mass is 9.89. The van der Waals surface area contributed by atoms with Crippen LogP contribution >= 0.6 is 0 Å². The minimum absolute atomic E-state index is 0.0399. The Morgan fingerprint density at radius 1 is 1.42 bits per heavy atom. The van der Waals surface area contributed by atoms with Crippen molar-refractivity contribution in [2.45, 2.75) is 32.2 Å². The molecule has 1 unspecified atom stereocenters. The van der Waals surface area contributed by atoms with Gasteiger partial charge in [-0.15, -0.1) is 0 Å². The van der Waals surface area contributed by atoms with Gasteiger partial charge < -0.3 is 15.0 Å². The Hall–Kier alpha value is -1.06. The van der Waals surface area contributed by atoms with Gasteiger partial charge in [0.1, 0.15) is 5.75 Å². The second-order valence-electron chi connectivity index (χ2n) is 5.74. The number of ether oxygens (including phenoxy) is 1. The van der Waals surface area contributed by atoms with Gasteiger partial charge in [0.25, 0.3) is 0 Å². The fourth-order valence-electron chi connectivity index (χ4n) is 2.97. The van der Waals surface area contributed by atoms with Crippen molar-refractivity contribution in [2.75, 3.05) is 33.8 Å². The second kappa shape index (κ2) is 5.93. The van der Waals surface area contributed by atoms with Crippen molar-refractivity contribution in [1.29, 1.82) is 0 Å². The lowest BCUT2D eigenvalue weighted by Crippen LogP contribution is -2.45. The molecule has 0 aromatic heterocycles. The maximum absolute atomic E-state index is 5.58. The quantitative estimate of drug-likeness (QED) is 0.905. The monoisotopic (exact) mass is 262 g/mol. The van der Waals surface area contributed by atoms with Crippen molar-refractivity contribution in [2.24, 2.45) is 0 Å². The lowest BCUT2D eigenvalue weighted by molar-refractivity contribution is 0.252. The lowest BCUT2D eigenvalue weighted by Gasteiger charge is -2.34. The van der Waals surface area contributed by atoms with Crippen LogP contribution in [-0.2, 0) is 12.0 Å². The zero-order valence-corrected chi connectivity index (χ0v) is 12.6. The van der Waals surface area contributed by atoms with Gasteiger partial charge in [-0.1, -0.05) is 19.1 Å². The number of rotatable bonds is 3. The molecule has 0 spiro atoms. The van der Waals surface area contributed by atoms with Crippen molar-refractivity contribution >= 4 is 0 Å². The summed E-state index contributed by atoms with van der Waals surface area (Å²) < 4.78 is 5.58. The summed E-state index contributed by atoms with van der Waals surface area (Å²) in [7, 11) is 3.95. The highest BCUT2D eigenvalue weighted by Crippen LogP contribution is 2.32. The molecule has 0 radical (unpaired) electrons. The van der Waals surface area contributed by atoms with Gasteiger partial charge in [-0.2, -0.15) is 0 Å². The molecule has 0 amide bonds. The molecule has 1 fully saturated rings. The molecule has 1 saturated heterocycles. The zero-order valence-electron chi connectivity index (χ0n) is 12.6. The number of hydrogen-bond donors (Lipinski definition) is 1. The Bertz CT molecular complexity index is 433. The Kier molecular flexibility index (Phi) is 4.48. The van der Waals surface area contributed by atoms with Crippen LogP contribution < -0.4 is 10.1 Å². The molecular formula is C16H26N2O. The number of aryl methyl sites for hydroxylation is 1. The SMILES string of the molecule is CCc1ccc(OC)c(C2(C)CN(C)CCCN2)c1. The Labute approximate surface area is 116 Å². The number of hydrogen-bond acceptors (Lipinski definition) is 3. The highest BCUT2D eigenvalue weighted by molar-refractivity contribution is 5.42. The van der Waals surface area contributed by atoms with E-state index >= 15 is 0 Å². The summed E-state index contributed by atoms with van der Waals surface area (Å²) in [5.74, 6) is 0.988. The molecule has 1 N–H and O–H groups in total. The van der Waals surface area contributed by atoms with Gasteiger partial charge in [0.15, 0.2) is 0 Å². The van der Waals surface area contributed by atoms with E-state index in [4.69, 9.17) is 4.74 Å². The van der Waals surface area contributed by atoms with Crippen molar-refractivity contribution in [3.63, 3.8) is 0 Å². The maximum Gasteiger partial charge on any atom is 0.123 e. The number of likely N-dealkylation sites (N-methyl/N-ethyl adjacent to an activating group) is 1. The van der Waals surface area contributed by atoms with Crippen LogP contribution in [0.4, 0.5) is 0 Å². The summed E-state index contributed by atoms with van der Waals surface area (Å²) in [6, 6.07) is 6.56. The van der Waals surface area contributed by atoms with Crippen molar-refractivity contribution in [3.05, 3.63) is 29.3 Å². The summed E-state index contributed by atoms with van der Waals surface area (Å²) in [6.45, 7) is 7.70. The van der Waals surface area contributed by atoms with Crippen LogP contribution in [0, 0.1) is 0 Å². The molecule has 19 heavy (non-hydrogen) atoms. The van der Waals surface area contributed by atoms with E-state index in [2.05, 4.69) is 49.3 Å². The summed E-state index contributed by atoms with van der Waals surface area (Å²) >= 11 is 0. The maximum atomic E-state index is 5.58. The van der Waals surface area contributed by atoms with Crippen LogP contribution in [0.25, 0.3) is 0 Å². The summed E-state index contributed by atoms with van der Waals surface area (Å²) in [5.41, 5.74) is 2.61. The molecular weight excluding hydrogens is 236 g/mol. The standard InChI is InChI=1S/C16H26N2O/c1-5-13-7-8-15(19-4)14(11-13)16(2)12-18(3)10-6-9-17-16/h7-8,11,17H,5-6,9-10,12H2,1-4H3. The van der Waals surface area contributed by atoms with Gasteiger partial charge in [-0.25, -0.2) is 0 Å². The first-order chi connectivity index (χ1) is 9.09. The topological polar surface area (TPSA) is 24.5 Å². The molecule has 0 bridgehead atoms. The minimum atomic E-state index is -0.0399. The van der Waals surface area contributed by atoms with E-state index in [9.17, 15) is 0 Å². The Balaban J connectivity index is 2.41. The Morgan fingerprint density at radius 2 is 2.21 bits per heavy atom. The molecule has 3 heteroatoms. The average Bonchev–Trinajstić information content (AvgIpc) is 2.59. The van der Waals surface area contributed by atoms with Crippen molar-refractivity contribution in [3.8, 4) is 5.75 Å². The van der Waals surface area contributed by atoms with E-state index in [-0.39, 0.29) is 5.54 Å². The van der Waals surface area contributed by atoms with E-state index in [0.29, 0.717) is 0 Å². The highest BCUT2D eigenvalue weighted by Gasteiger charge is 2.32. The molecule has 1 aliphatic heterocycles. The number of methoxy groups -OCH3 is 1. The smallest absolute Gasteiger partial charge is 0.123 e. The van der Waals surface area contributed by atoms with Crippen LogP contribution in [0.2, 0.25) is 0 Å². The molecule has 1 heterocycles. The van der Waals surface area contributed by atoms with E-state index in [1.807, 2.05) is 0 Å². The molecule has 0 saturated carbocycles. The van der Waals surface area contributed by atoms with Crippen LogP contribution in [0.1, 0.15) is 31.4 Å². The van der Waals surface area contributed by atoms with Gasteiger partial charge in [0.05, 0.1) is 12.6 Å². The number of nitrogens with one attached hydrogen (secondary N) is 1. The predicted octanol–water partition coefficient (Wildman–Crippen LogP) is 2.40. The second-order valence-corrected chi connectivity index (χ2v) is 5.74. The zero-order chi connectivity index (χ0) is 13.9. The van der Waals surface area contributed by atoms with Gasteiger partial charge >= 0.3 is 0 Å².